The summed E-state index contributed by atoms with van der Waals surface area (Å²) in [6, 6.07) is 13.4. The number of esters is 1. The molecular weight excluding hydrogens is 400 g/mol. The minimum Gasteiger partial charge on any atom is -0.462 e. The van der Waals surface area contributed by atoms with Crippen molar-refractivity contribution in [2.75, 3.05) is 18.5 Å². The van der Waals surface area contributed by atoms with Gasteiger partial charge in [0.25, 0.3) is 0 Å². The molecule has 0 aliphatic heterocycles. The van der Waals surface area contributed by atoms with Gasteiger partial charge in [-0.25, -0.2) is 9.59 Å². The summed E-state index contributed by atoms with van der Waals surface area (Å²) in [7, 11) is 0. The predicted molar refractivity (Wildman–Crippen MR) is 129 cm³/mol. The highest BCUT2D eigenvalue weighted by molar-refractivity contribution is 5.90. The smallest absolute Gasteiger partial charge is 0.338 e. The molecule has 1 aliphatic carbocycles. The van der Waals surface area contributed by atoms with Crippen LogP contribution in [-0.2, 0) is 22.0 Å². The van der Waals surface area contributed by atoms with Gasteiger partial charge in [0.1, 0.15) is 0 Å². The van der Waals surface area contributed by atoms with Crippen molar-refractivity contribution in [3.05, 3.63) is 64.7 Å². The van der Waals surface area contributed by atoms with Crippen molar-refractivity contribution in [1.82, 2.24) is 5.32 Å². The molecule has 3 rings (SSSR count). The molecular formula is C27H36N2O3. The molecule has 1 aliphatic rings. The topological polar surface area (TPSA) is 67.4 Å². The number of amides is 2. The highest BCUT2D eigenvalue weighted by Crippen LogP contribution is 2.45. The van der Waals surface area contributed by atoms with Gasteiger partial charge in [-0.2, -0.15) is 0 Å². The Morgan fingerprint density at radius 3 is 2.25 bits per heavy atom. The number of rotatable bonds is 7. The van der Waals surface area contributed by atoms with Crippen LogP contribution in [0.4, 0.5) is 10.5 Å². The summed E-state index contributed by atoms with van der Waals surface area (Å²) in [5.41, 5.74) is 5.18. The lowest BCUT2D eigenvalue weighted by atomic mass is 9.63. The normalized spacial score (nSPS) is 16.0. The molecule has 0 aromatic heterocycles. The van der Waals surface area contributed by atoms with Crippen LogP contribution >= 0.6 is 0 Å². The van der Waals surface area contributed by atoms with Gasteiger partial charge in [-0.15, -0.1) is 0 Å². The molecule has 0 heterocycles. The van der Waals surface area contributed by atoms with E-state index in [1.165, 1.54) is 11.1 Å². The van der Waals surface area contributed by atoms with E-state index in [2.05, 4.69) is 44.4 Å². The van der Waals surface area contributed by atoms with E-state index >= 15 is 0 Å². The van der Waals surface area contributed by atoms with E-state index < -0.39 is 0 Å². The fourth-order valence-corrected chi connectivity index (χ4v) is 4.23. The van der Waals surface area contributed by atoms with Crippen molar-refractivity contribution in [2.45, 2.75) is 71.1 Å². The maximum absolute atomic E-state index is 12.7. The summed E-state index contributed by atoms with van der Waals surface area (Å²) in [5, 5.41) is 5.58. The first-order valence-electron chi connectivity index (χ1n) is 11.6. The third-order valence-corrected chi connectivity index (χ3v) is 6.46. The Labute approximate surface area is 191 Å². The lowest BCUT2D eigenvalue weighted by Gasteiger charge is -2.41. The van der Waals surface area contributed by atoms with Crippen molar-refractivity contribution < 1.29 is 14.3 Å². The molecule has 5 nitrogen and oxygen atoms in total. The number of nitrogens with one attached hydrogen (secondary N) is 2. The molecule has 172 valence electrons. The van der Waals surface area contributed by atoms with E-state index in [4.69, 9.17) is 4.74 Å². The SMILES string of the molecule is CCCNC(=O)Nc1ccc(CCOC(=O)c2ccc3c(c2)C(C)(C)CCC3(C)C)cc1. The number of fused-ring (bicyclic) bond motifs is 1. The minimum atomic E-state index is -0.280. The van der Waals surface area contributed by atoms with E-state index in [0.717, 1.165) is 30.5 Å². The van der Waals surface area contributed by atoms with Gasteiger partial charge in [0, 0.05) is 18.7 Å². The fraction of sp³-hybridized carbons (Fsp3) is 0.481. The Hall–Kier alpha value is -2.82. The van der Waals surface area contributed by atoms with Crippen LogP contribution in [0.2, 0.25) is 0 Å². The zero-order valence-electron chi connectivity index (χ0n) is 20.0. The summed E-state index contributed by atoms with van der Waals surface area (Å²) in [4.78, 5) is 24.4. The molecule has 0 fully saturated rings. The van der Waals surface area contributed by atoms with Gasteiger partial charge in [-0.05, 0) is 71.0 Å². The first-order valence-corrected chi connectivity index (χ1v) is 11.6. The first kappa shape index (κ1) is 23.8. The van der Waals surface area contributed by atoms with Gasteiger partial charge in [-0.3, -0.25) is 0 Å². The number of benzene rings is 2. The standard InChI is InChI=1S/C27H36N2O3/c1-6-16-28-25(31)29-21-10-7-19(8-11-21)13-17-32-24(30)20-9-12-22-23(18-20)27(4,5)15-14-26(22,2)3/h7-12,18H,6,13-17H2,1-5H3,(H2,28,29,31). The van der Waals surface area contributed by atoms with Crippen molar-refractivity contribution in [3.63, 3.8) is 0 Å². The number of carbonyl (C=O) groups excluding carboxylic acids is 2. The minimum absolute atomic E-state index is 0.0599. The first-order chi connectivity index (χ1) is 15.1. The number of hydrogen-bond donors (Lipinski definition) is 2. The Bertz CT molecular complexity index is 961. The lowest BCUT2D eigenvalue weighted by molar-refractivity contribution is 0.0509. The number of ether oxygens (including phenoxy) is 1. The molecule has 0 bridgehead atoms. The van der Waals surface area contributed by atoms with Crippen LogP contribution in [0.3, 0.4) is 0 Å². The third-order valence-electron chi connectivity index (χ3n) is 6.46. The molecule has 5 heteroatoms. The van der Waals surface area contributed by atoms with E-state index in [1.54, 1.807) is 0 Å². The molecule has 0 unspecified atom stereocenters. The Balaban J connectivity index is 1.56. The average molecular weight is 437 g/mol. The molecule has 2 aromatic rings. The number of hydrogen-bond acceptors (Lipinski definition) is 3. The maximum atomic E-state index is 12.7. The Kier molecular flexibility index (Phi) is 7.27. The van der Waals surface area contributed by atoms with E-state index in [9.17, 15) is 9.59 Å². The quantitative estimate of drug-likeness (QED) is 0.526. The molecule has 32 heavy (non-hydrogen) atoms. The lowest BCUT2D eigenvalue weighted by Crippen LogP contribution is -2.34. The average Bonchev–Trinajstić information content (AvgIpc) is 2.76. The summed E-state index contributed by atoms with van der Waals surface area (Å²) in [6.07, 6.45) is 3.77. The summed E-state index contributed by atoms with van der Waals surface area (Å²) < 4.78 is 5.56. The molecule has 2 amide bonds. The maximum Gasteiger partial charge on any atom is 0.338 e. The monoisotopic (exact) mass is 436 g/mol. The molecule has 0 spiro atoms. The van der Waals surface area contributed by atoms with E-state index in [1.807, 2.05) is 43.3 Å². The van der Waals surface area contributed by atoms with Crippen LogP contribution in [0.25, 0.3) is 0 Å². The van der Waals surface area contributed by atoms with Gasteiger partial charge in [0.05, 0.1) is 12.2 Å². The van der Waals surface area contributed by atoms with Gasteiger partial charge >= 0.3 is 12.0 Å². The van der Waals surface area contributed by atoms with Crippen LogP contribution in [0.5, 0.6) is 0 Å². The molecule has 2 N–H and O–H groups in total. The zero-order chi connectivity index (χ0) is 23.4. The molecule has 0 atom stereocenters. The van der Waals surface area contributed by atoms with Crippen LogP contribution in [0.1, 0.15) is 80.9 Å². The Morgan fingerprint density at radius 2 is 1.59 bits per heavy atom. The number of urea groups is 1. The predicted octanol–water partition coefficient (Wildman–Crippen LogP) is 5.97. The van der Waals surface area contributed by atoms with Gasteiger partial charge in [0.2, 0.25) is 0 Å². The van der Waals surface area contributed by atoms with Crippen molar-refractivity contribution in [1.29, 1.82) is 0 Å². The summed E-state index contributed by atoms with van der Waals surface area (Å²) in [6.45, 7) is 12.0. The second-order valence-electron chi connectivity index (χ2n) is 9.99. The third kappa shape index (κ3) is 5.70. The zero-order valence-corrected chi connectivity index (χ0v) is 20.0. The van der Waals surface area contributed by atoms with Crippen LogP contribution in [0.15, 0.2) is 42.5 Å². The van der Waals surface area contributed by atoms with E-state index in [-0.39, 0.29) is 22.8 Å². The summed E-state index contributed by atoms with van der Waals surface area (Å²) in [5.74, 6) is -0.280. The molecule has 0 saturated carbocycles. The van der Waals surface area contributed by atoms with Crippen LogP contribution in [-0.4, -0.2) is 25.2 Å². The molecule has 2 aromatic carbocycles. The van der Waals surface area contributed by atoms with Crippen LogP contribution < -0.4 is 10.6 Å². The van der Waals surface area contributed by atoms with Crippen molar-refractivity contribution >= 4 is 17.7 Å². The van der Waals surface area contributed by atoms with Crippen molar-refractivity contribution in [2.24, 2.45) is 0 Å². The van der Waals surface area contributed by atoms with Gasteiger partial charge < -0.3 is 15.4 Å². The van der Waals surface area contributed by atoms with Crippen LogP contribution in [0, 0.1) is 0 Å². The number of carbonyl (C=O) groups is 2. The van der Waals surface area contributed by atoms with Gasteiger partial charge in [0.15, 0.2) is 0 Å². The number of anilines is 1. The van der Waals surface area contributed by atoms with Gasteiger partial charge in [-0.1, -0.05) is 52.8 Å². The summed E-state index contributed by atoms with van der Waals surface area (Å²) >= 11 is 0. The highest BCUT2D eigenvalue weighted by Gasteiger charge is 2.37. The van der Waals surface area contributed by atoms with E-state index in [0.29, 0.717) is 25.1 Å². The fourth-order valence-electron chi connectivity index (χ4n) is 4.23. The Morgan fingerprint density at radius 1 is 0.938 bits per heavy atom. The molecule has 0 radical (unpaired) electrons. The molecule has 0 saturated heterocycles. The highest BCUT2D eigenvalue weighted by atomic mass is 16.5. The largest absolute Gasteiger partial charge is 0.462 e. The second kappa shape index (κ2) is 9.76. The second-order valence-corrected chi connectivity index (χ2v) is 9.99. The van der Waals surface area contributed by atoms with Crippen molar-refractivity contribution in [3.8, 4) is 0 Å².